The van der Waals surface area contributed by atoms with Gasteiger partial charge in [-0.1, -0.05) is 30.3 Å². The van der Waals surface area contributed by atoms with E-state index in [-0.39, 0.29) is 5.60 Å². The minimum atomic E-state index is -0.493. The van der Waals surface area contributed by atoms with Crippen LogP contribution in [-0.2, 0) is 16.1 Å². The average molecular weight is 289 g/mol. The first-order valence-corrected chi connectivity index (χ1v) is 7.13. The zero-order valence-electron chi connectivity index (χ0n) is 11.7. The molecule has 6 nitrogen and oxygen atoms in total. The van der Waals surface area contributed by atoms with Crippen LogP contribution in [0.3, 0.4) is 0 Å². The summed E-state index contributed by atoms with van der Waals surface area (Å²) in [6.45, 7) is 2.22. The van der Waals surface area contributed by atoms with Crippen molar-refractivity contribution in [2.24, 2.45) is 0 Å². The van der Waals surface area contributed by atoms with Crippen LogP contribution in [-0.4, -0.2) is 24.8 Å². The molecule has 1 fully saturated rings. The second-order valence-electron chi connectivity index (χ2n) is 5.26. The van der Waals surface area contributed by atoms with Gasteiger partial charge in [-0.2, -0.15) is 0 Å². The highest BCUT2D eigenvalue weighted by Gasteiger charge is 2.37. The number of carbonyl (C=O) groups is 1. The summed E-state index contributed by atoms with van der Waals surface area (Å²) in [6.07, 6.45) is 3.08. The molecule has 3 N–H and O–H groups in total. The first kappa shape index (κ1) is 13.9. The second kappa shape index (κ2) is 6.15. The molecule has 0 radical (unpaired) electrons. The zero-order chi connectivity index (χ0) is 14.5. The van der Waals surface area contributed by atoms with Gasteiger partial charge in [0, 0.05) is 12.6 Å². The van der Waals surface area contributed by atoms with Crippen LogP contribution >= 0.6 is 0 Å². The van der Waals surface area contributed by atoms with E-state index >= 15 is 0 Å². The highest BCUT2D eigenvalue weighted by molar-refractivity contribution is 5.68. The Balaban J connectivity index is 1.50. The number of amides is 1. The highest BCUT2D eigenvalue weighted by atomic mass is 16.7. The van der Waals surface area contributed by atoms with Crippen molar-refractivity contribution in [3.05, 3.63) is 47.9 Å². The monoisotopic (exact) mass is 289 g/mol. The van der Waals surface area contributed by atoms with E-state index < -0.39 is 6.09 Å². The number of alkyl carbamates (subject to hydrolysis) is 1. The Kier molecular flexibility index (Phi) is 4.08. The number of benzene rings is 1. The number of hydrogen-bond acceptors (Lipinski definition) is 5. The summed E-state index contributed by atoms with van der Waals surface area (Å²) in [7, 11) is 0. The quantitative estimate of drug-likeness (QED) is 0.785. The van der Waals surface area contributed by atoms with Crippen molar-refractivity contribution < 1.29 is 14.4 Å². The molecule has 1 saturated heterocycles. The third kappa shape index (κ3) is 3.53. The molecule has 1 amide bonds. The summed E-state index contributed by atoms with van der Waals surface area (Å²) < 4.78 is 5.22. The lowest BCUT2D eigenvalue weighted by Crippen LogP contribution is -2.41. The van der Waals surface area contributed by atoms with Crippen molar-refractivity contribution in [3.8, 4) is 0 Å². The predicted molar refractivity (Wildman–Crippen MR) is 76.9 cm³/mol. The van der Waals surface area contributed by atoms with E-state index in [1.165, 1.54) is 0 Å². The third-order valence-corrected chi connectivity index (χ3v) is 3.68. The summed E-state index contributed by atoms with van der Waals surface area (Å²) >= 11 is 0. The minimum absolute atomic E-state index is 0.347. The molecule has 112 valence electrons. The Morgan fingerprint density at radius 2 is 2.05 bits per heavy atom. The van der Waals surface area contributed by atoms with E-state index in [9.17, 15) is 4.79 Å². The van der Waals surface area contributed by atoms with E-state index in [2.05, 4.69) is 16.1 Å². The number of ether oxygens (including phenoxy) is 1. The molecule has 3 rings (SSSR count). The van der Waals surface area contributed by atoms with Crippen molar-refractivity contribution in [1.82, 2.24) is 16.1 Å². The first-order valence-electron chi connectivity index (χ1n) is 7.13. The highest BCUT2D eigenvalue weighted by Crippen LogP contribution is 2.29. The lowest BCUT2D eigenvalue weighted by molar-refractivity contribution is -0.0653. The maximum atomic E-state index is 11.8. The van der Waals surface area contributed by atoms with Crippen molar-refractivity contribution in [2.75, 3.05) is 13.1 Å². The first-order chi connectivity index (χ1) is 10.3. The van der Waals surface area contributed by atoms with Gasteiger partial charge in [0.25, 0.3) is 0 Å². The van der Waals surface area contributed by atoms with Gasteiger partial charge in [-0.15, -0.1) is 0 Å². The molecule has 0 unspecified atom stereocenters. The van der Waals surface area contributed by atoms with Gasteiger partial charge in [0.2, 0.25) is 5.88 Å². The van der Waals surface area contributed by atoms with Crippen LogP contribution < -0.4 is 16.1 Å². The van der Waals surface area contributed by atoms with E-state index in [0.29, 0.717) is 12.4 Å². The number of piperidine rings is 1. The molecule has 0 atom stereocenters. The molecule has 2 heterocycles. The van der Waals surface area contributed by atoms with Crippen LogP contribution in [0.4, 0.5) is 4.79 Å². The number of hydroxylamine groups is 1. The summed E-state index contributed by atoms with van der Waals surface area (Å²) in [5.74, 6) is 0.363. The van der Waals surface area contributed by atoms with Gasteiger partial charge in [-0.05, 0) is 31.5 Å². The summed E-state index contributed by atoms with van der Waals surface area (Å²) in [4.78, 5) is 17.3. The van der Waals surface area contributed by atoms with Gasteiger partial charge in [0.1, 0.15) is 5.60 Å². The van der Waals surface area contributed by atoms with Crippen LogP contribution in [0, 0.1) is 0 Å². The summed E-state index contributed by atoms with van der Waals surface area (Å²) in [5.41, 5.74) is 3.37. The van der Waals surface area contributed by atoms with Gasteiger partial charge in [-0.25, -0.2) is 10.3 Å². The van der Waals surface area contributed by atoms with Crippen LogP contribution in [0.2, 0.25) is 0 Å². The van der Waals surface area contributed by atoms with Gasteiger partial charge in [-0.3, -0.25) is 4.84 Å². The lowest BCUT2D eigenvalue weighted by atomic mass is 9.93. The van der Waals surface area contributed by atoms with Crippen molar-refractivity contribution in [2.45, 2.75) is 25.0 Å². The SMILES string of the molecule is O=C(NCc1ccccc1)OC1=CC2(CCNCC2)ON1. The third-order valence-electron chi connectivity index (χ3n) is 3.68. The minimum Gasteiger partial charge on any atom is -0.392 e. The zero-order valence-corrected chi connectivity index (χ0v) is 11.7. The Morgan fingerprint density at radius 1 is 1.29 bits per heavy atom. The molecule has 0 aromatic heterocycles. The molecule has 1 aromatic carbocycles. The maximum absolute atomic E-state index is 11.8. The Morgan fingerprint density at radius 3 is 2.81 bits per heavy atom. The molecule has 0 aliphatic carbocycles. The van der Waals surface area contributed by atoms with E-state index in [1.807, 2.05) is 36.4 Å². The number of hydrogen-bond donors (Lipinski definition) is 3. The molecule has 0 bridgehead atoms. The summed E-state index contributed by atoms with van der Waals surface area (Å²) in [6, 6.07) is 9.68. The predicted octanol–water partition coefficient (Wildman–Crippen LogP) is 1.41. The Labute approximate surface area is 123 Å². The normalized spacial score (nSPS) is 19.7. The van der Waals surface area contributed by atoms with Gasteiger partial charge >= 0.3 is 6.09 Å². The Bertz CT molecular complexity index is 524. The lowest BCUT2D eigenvalue weighted by Gasteiger charge is -2.29. The number of rotatable bonds is 3. The van der Waals surface area contributed by atoms with Crippen molar-refractivity contribution in [3.63, 3.8) is 0 Å². The van der Waals surface area contributed by atoms with E-state index in [1.54, 1.807) is 0 Å². The van der Waals surface area contributed by atoms with Crippen LogP contribution in [0.15, 0.2) is 42.3 Å². The molecule has 2 aliphatic heterocycles. The molecule has 1 aromatic rings. The Hall–Kier alpha value is -2.05. The second-order valence-corrected chi connectivity index (χ2v) is 5.26. The molecule has 21 heavy (non-hydrogen) atoms. The summed E-state index contributed by atoms with van der Waals surface area (Å²) in [5, 5.41) is 5.98. The molecule has 2 aliphatic rings. The van der Waals surface area contributed by atoms with E-state index in [4.69, 9.17) is 9.57 Å². The van der Waals surface area contributed by atoms with Gasteiger partial charge in [0.05, 0.1) is 0 Å². The molecular formula is C15H19N3O3. The average Bonchev–Trinajstić information content (AvgIpc) is 2.89. The fourth-order valence-corrected chi connectivity index (χ4v) is 2.50. The standard InChI is InChI=1S/C15H19N3O3/c19-14(17-11-12-4-2-1-3-5-12)20-13-10-15(21-18-13)6-8-16-9-7-15/h1-5,10,16,18H,6-9,11H2,(H,17,19). The van der Waals surface area contributed by atoms with Crippen LogP contribution in [0.5, 0.6) is 0 Å². The fraction of sp³-hybridized carbons (Fsp3) is 0.400. The van der Waals surface area contributed by atoms with E-state index in [0.717, 1.165) is 31.5 Å². The van der Waals surface area contributed by atoms with Gasteiger partial charge in [0.15, 0.2) is 0 Å². The molecule has 6 heteroatoms. The molecular weight excluding hydrogens is 270 g/mol. The van der Waals surface area contributed by atoms with Gasteiger partial charge < -0.3 is 15.4 Å². The number of carbonyl (C=O) groups excluding carboxylic acids is 1. The van der Waals surface area contributed by atoms with Crippen LogP contribution in [0.1, 0.15) is 18.4 Å². The van der Waals surface area contributed by atoms with Crippen molar-refractivity contribution >= 4 is 6.09 Å². The molecule has 0 saturated carbocycles. The topological polar surface area (TPSA) is 71.6 Å². The number of nitrogens with one attached hydrogen (secondary N) is 3. The largest absolute Gasteiger partial charge is 0.414 e. The molecule has 1 spiro atoms. The maximum Gasteiger partial charge on any atom is 0.414 e. The fourth-order valence-electron chi connectivity index (χ4n) is 2.50. The van der Waals surface area contributed by atoms with Crippen molar-refractivity contribution in [1.29, 1.82) is 0 Å². The van der Waals surface area contributed by atoms with Crippen LogP contribution in [0.25, 0.3) is 0 Å². The smallest absolute Gasteiger partial charge is 0.392 e.